The number of nitrogens with zero attached hydrogens (tertiary/aromatic N) is 2. The minimum Gasteiger partial charge on any atom is -0.351 e. The van der Waals surface area contributed by atoms with Gasteiger partial charge >= 0.3 is 0 Å². The molecule has 3 fully saturated rings. The van der Waals surface area contributed by atoms with Gasteiger partial charge in [-0.1, -0.05) is 74.6 Å². The van der Waals surface area contributed by atoms with Gasteiger partial charge in [0.05, 0.1) is 11.5 Å². The first kappa shape index (κ1) is 35.0. The molecule has 0 spiro atoms. The SMILES string of the molecule is CN1CCNC(C(=O)N[C@H](Cc2ccc(F)cc2)C(=O)N2CCC(CC3CCCCC3)(C(=O)NC(C)(C)C)CC2)C1c1ccccc1. The monoisotopic (exact) mass is 647 g/mol. The van der Waals surface area contributed by atoms with Crippen LogP contribution in [-0.4, -0.2) is 78.4 Å². The highest BCUT2D eigenvalue weighted by Gasteiger charge is 2.46. The number of piperidine rings is 1. The number of rotatable bonds is 9. The second-order valence-corrected chi connectivity index (χ2v) is 15.2. The van der Waals surface area contributed by atoms with Gasteiger partial charge in [-0.2, -0.15) is 0 Å². The van der Waals surface area contributed by atoms with Crippen molar-refractivity contribution >= 4 is 17.7 Å². The summed E-state index contributed by atoms with van der Waals surface area (Å²) in [7, 11) is 2.02. The zero-order valence-electron chi connectivity index (χ0n) is 28.7. The van der Waals surface area contributed by atoms with E-state index in [1.807, 2.05) is 63.1 Å². The van der Waals surface area contributed by atoms with Crippen molar-refractivity contribution in [1.82, 2.24) is 25.8 Å². The van der Waals surface area contributed by atoms with Crippen molar-refractivity contribution in [3.8, 4) is 0 Å². The van der Waals surface area contributed by atoms with Crippen LogP contribution in [0.25, 0.3) is 0 Å². The van der Waals surface area contributed by atoms with E-state index in [0.717, 1.165) is 36.9 Å². The molecule has 0 bridgehead atoms. The molecule has 2 aromatic carbocycles. The lowest BCUT2D eigenvalue weighted by molar-refractivity contribution is -0.145. The predicted molar refractivity (Wildman–Crippen MR) is 183 cm³/mol. The average molecular weight is 648 g/mol. The molecule has 0 aromatic heterocycles. The number of likely N-dealkylation sites (N-methyl/N-ethyl adjacent to an activating group) is 1. The van der Waals surface area contributed by atoms with Gasteiger partial charge in [0, 0.05) is 38.1 Å². The standard InChI is InChI=1S/C38H54FN5O3/c1-37(2,3)42-36(47)38(26-28-11-7-5-8-12-28)19-22-44(23-20-38)35(46)31(25-27-15-17-30(39)18-16-27)41-34(45)32-33(43(4)24-21-40-32)29-13-9-6-10-14-29/h6,9-10,13-18,28,31-33,40H,5,7-8,11-12,19-26H2,1-4H3,(H,41,45)(H,42,47)/t31-,32?,33?/m1/s1. The zero-order valence-corrected chi connectivity index (χ0v) is 28.7. The highest BCUT2D eigenvalue weighted by Crippen LogP contribution is 2.42. The normalized spacial score (nSPS) is 23.1. The Morgan fingerprint density at radius 1 is 0.957 bits per heavy atom. The van der Waals surface area contributed by atoms with Crippen LogP contribution in [0.15, 0.2) is 54.6 Å². The molecule has 2 aliphatic heterocycles. The Labute approximate surface area is 280 Å². The largest absolute Gasteiger partial charge is 0.351 e. The summed E-state index contributed by atoms with van der Waals surface area (Å²) in [6.45, 7) is 8.40. The molecule has 0 radical (unpaired) electrons. The molecule has 5 rings (SSSR count). The Balaban J connectivity index is 1.34. The molecule has 256 valence electrons. The van der Waals surface area contributed by atoms with Crippen LogP contribution in [0.3, 0.4) is 0 Å². The maximum Gasteiger partial charge on any atom is 0.245 e. The molecule has 8 nitrogen and oxygen atoms in total. The third kappa shape index (κ3) is 8.99. The van der Waals surface area contributed by atoms with E-state index in [0.29, 0.717) is 38.4 Å². The van der Waals surface area contributed by atoms with Gasteiger partial charge in [0.25, 0.3) is 0 Å². The van der Waals surface area contributed by atoms with Crippen LogP contribution in [0.5, 0.6) is 0 Å². The molecule has 2 unspecified atom stereocenters. The van der Waals surface area contributed by atoms with Gasteiger partial charge in [0.1, 0.15) is 17.9 Å². The van der Waals surface area contributed by atoms with Gasteiger partial charge < -0.3 is 20.9 Å². The molecule has 1 aliphatic carbocycles. The number of benzene rings is 2. The lowest BCUT2D eigenvalue weighted by Gasteiger charge is -2.45. The fraction of sp³-hybridized carbons (Fsp3) is 0.605. The summed E-state index contributed by atoms with van der Waals surface area (Å²) in [5.41, 5.74) is 0.947. The molecule has 3 amide bonds. The van der Waals surface area contributed by atoms with Crippen LogP contribution in [0.1, 0.15) is 89.3 Å². The quantitative estimate of drug-likeness (QED) is 0.357. The number of carbonyl (C=O) groups excluding carboxylic acids is 3. The Hall–Kier alpha value is -3.30. The molecule has 9 heteroatoms. The first-order chi connectivity index (χ1) is 22.4. The lowest BCUT2D eigenvalue weighted by Crippen LogP contribution is -2.61. The van der Waals surface area contributed by atoms with Gasteiger partial charge in [-0.15, -0.1) is 0 Å². The van der Waals surface area contributed by atoms with Crippen LogP contribution >= 0.6 is 0 Å². The van der Waals surface area contributed by atoms with Gasteiger partial charge in [-0.25, -0.2) is 4.39 Å². The van der Waals surface area contributed by atoms with Crippen molar-refractivity contribution in [2.75, 3.05) is 33.2 Å². The molecule has 3 atom stereocenters. The molecule has 2 heterocycles. The van der Waals surface area contributed by atoms with Crippen LogP contribution in [0.2, 0.25) is 0 Å². The lowest BCUT2D eigenvalue weighted by atomic mass is 9.68. The number of carbonyl (C=O) groups is 3. The summed E-state index contributed by atoms with van der Waals surface area (Å²) in [6.07, 6.45) is 8.31. The van der Waals surface area contributed by atoms with Crippen molar-refractivity contribution in [3.05, 3.63) is 71.5 Å². The molecular weight excluding hydrogens is 593 g/mol. The van der Waals surface area contributed by atoms with E-state index in [2.05, 4.69) is 20.9 Å². The van der Waals surface area contributed by atoms with Gasteiger partial charge in [-0.05, 0) is 76.3 Å². The third-order valence-electron chi connectivity index (χ3n) is 10.4. The van der Waals surface area contributed by atoms with E-state index < -0.39 is 17.5 Å². The summed E-state index contributed by atoms with van der Waals surface area (Å²) in [5.74, 6) is -0.122. The number of nitrogens with one attached hydrogen (secondary N) is 3. The maximum atomic E-state index is 14.3. The molecule has 47 heavy (non-hydrogen) atoms. The fourth-order valence-corrected chi connectivity index (χ4v) is 7.87. The first-order valence-electron chi connectivity index (χ1n) is 17.6. The molecular formula is C38H54FN5O3. The van der Waals surface area contributed by atoms with Crippen LogP contribution in [-0.2, 0) is 20.8 Å². The molecule has 2 saturated heterocycles. The predicted octanol–water partition coefficient (Wildman–Crippen LogP) is 4.99. The van der Waals surface area contributed by atoms with E-state index in [-0.39, 0.29) is 41.5 Å². The molecule has 3 aliphatic rings. The summed E-state index contributed by atoms with van der Waals surface area (Å²) in [6, 6.07) is 14.5. The molecule has 2 aromatic rings. The minimum atomic E-state index is -0.826. The van der Waals surface area contributed by atoms with Crippen molar-refractivity contribution in [3.63, 3.8) is 0 Å². The third-order valence-corrected chi connectivity index (χ3v) is 10.4. The number of hydrogen-bond acceptors (Lipinski definition) is 5. The molecule has 1 saturated carbocycles. The van der Waals surface area contributed by atoms with E-state index in [9.17, 15) is 18.8 Å². The second kappa shape index (κ2) is 15.3. The summed E-state index contributed by atoms with van der Waals surface area (Å²) in [4.78, 5) is 46.2. The number of hydrogen-bond donors (Lipinski definition) is 3. The average Bonchev–Trinajstić information content (AvgIpc) is 3.05. The van der Waals surface area contributed by atoms with E-state index in [1.54, 1.807) is 12.1 Å². The molecule has 3 N–H and O–H groups in total. The van der Waals surface area contributed by atoms with Crippen LogP contribution in [0, 0.1) is 17.2 Å². The second-order valence-electron chi connectivity index (χ2n) is 15.2. The fourth-order valence-electron chi connectivity index (χ4n) is 7.87. The maximum absolute atomic E-state index is 14.3. The van der Waals surface area contributed by atoms with Gasteiger partial charge in [0.15, 0.2) is 0 Å². The van der Waals surface area contributed by atoms with E-state index in [4.69, 9.17) is 0 Å². The summed E-state index contributed by atoms with van der Waals surface area (Å²) < 4.78 is 13.8. The number of amides is 3. The number of piperazine rings is 1. The zero-order chi connectivity index (χ0) is 33.6. The van der Waals surface area contributed by atoms with Gasteiger partial charge in [-0.3, -0.25) is 19.3 Å². The highest BCUT2D eigenvalue weighted by molar-refractivity contribution is 5.91. The smallest absolute Gasteiger partial charge is 0.245 e. The van der Waals surface area contributed by atoms with Crippen molar-refractivity contribution < 1.29 is 18.8 Å². The Bertz CT molecular complexity index is 1350. The van der Waals surface area contributed by atoms with Crippen LogP contribution < -0.4 is 16.0 Å². The Kier molecular flexibility index (Phi) is 11.4. The minimum absolute atomic E-state index is 0.0956. The first-order valence-corrected chi connectivity index (χ1v) is 17.6. The van der Waals surface area contributed by atoms with Crippen molar-refractivity contribution in [2.45, 2.75) is 102 Å². The Morgan fingerprint density at radius 3 is 2.26 bits per heavy atom. The summed E-state index contributed by atoms with van der Waals surface area (Å²) >= 11 is 0. The van der Waals surface area contributed by atoms with Crippen LogP contribution in [0.4, 0.5) is 4.39 Å². The number of halogens is 1. The van der Waals surface area contributed by atoms with E-state index in [1.165, 1.54) is 31.4 Å². The van der Waals surface area contributed by atoms with Crippen molar-refractivity contribution in [1.29, 1.82) is 0 Å². The summed E-state index contributed by atoms with van der Waals surface area (Å²) in [5, 5.41) is 9.78. The Morgan fingerprint density at radius 2 is 1.62 bits per heavy atom. The van der Waals surface area contributed by atoms with E-state index >= 15 is 0 Å². The number of likely N-dealkylation sites (tertiary alicyclic amines) is 1. The highest BCUT2D eigenvalue weighted by atomic mass is 19.1. The van der Waals surface area contributed by atoms with Crippen molar-refractivity contribution in [2.24, 2.45) is 11.3 Å². The van der Waals surface area contributed by atoms with Gasteiger partial charge in [0.2, 0.25) is 17.7 Å². The topological polar surface area (TPSA) is 93.8 Å².